The quantitative estimate of drug-likeness (QED) is 0.840. The summed E-state index contributed by atoms with van der Waals surface area (Å²) in [5, 5.41) is 4.33. The molecule has 7 heteroatoms. The number of hydrogen-bond acceptors (Lipinski definition) is 5. The first-order chi connectivity index (χ1) is 12.1. The van der Waals surface area contributed by atoms with Crippen LogP contribution in [0.15, 0.2) is 30.9 Å². The van der Waals surface area contributed by atoms with Crippen molar-refractivity contribution in [1.82, 2.24) is 29.5 Å². The van der Waals surface area contributed by atoms with Gasteiger partial charge in [-0.2, -0.15) is 5.10 Å². The summed E-state index contributed by atoms with van der Waals surface area (Å²) in [5.41, 5.74) is 1.28. The van der Waals surface area contributed by atoms with Gasteiger partial charge in [-0.3, -0.25) is 19.4 Å². The molecule has 0 aromatic carbocycles. The standard InChI is InChI=1S/C18H24N6O/c1-13-9-20-16(10-19-13)18(25)23-7-4-17-14(11-23)8-15(22(17)2)12-24-6-3-5-21-24/h3,5-6,9-10,14-15,17H,4,7-8,11-12H2,1-2H3/t14-,15?,17+/m1/s1. The molecule has 4 heterocycles. The van der Waals surface area contributed by atoms with Gasteiger partial charge in [0, 0.05) is 43.8 Å². The summed E-state index contributed by atoms with van der Waals surface area (Å²) >= 11 is 0. The van der Waals surface area contributed by atoms with Crippen LogP contribution in [0, 0.1) is 12.8 Å². The van der Waals surface area contributed by atoms with Crippen molar-refractivity contribution >= 4 is 5.91 Å². The predicted molar refractivity (Wildman–Crippen MR) is 93.0 cm³/mol. The second-order valence-corrected chi connectivity index (χ2v) is 7.19. The molecule has 2 saturated heterocycles. The van der Waals surface area contributed by atoms with Gasteiger partial charge in [0.05, 0.1) is 18.4 Å². The lowest BCUT2D eigenvalue weighted by Crippen LogP contribution is -2.48. The van der Waals surface area contributed by atoms with Crippen LogP contribution in [0.25, 0.3) is 0 Å². The summed E-state index contributed by atoms with van der Waals surface area (Å²) in [6.07, 6.45) is 9.20. The fourth-order valence-electron chi connectivity index (χ4n) is 4.25. The van der Waals surface area contributed by atoms with Gasteiger partial charge in [-0.25, -0.2) is 4.98 Å². The Hall–Kier alpha value is -2.28. The van der Waals surface area contributed by atoms with Crippen molar-refractivity contribution in [3.05, 3.63) is 42.2 Å². The minimum atomic E-state index is 0.00382. The van der Waals surface area contributed by atoms with Gasteiger partial charge in [0.2, 0.25) is 0 Å². The van der Waals surface area contributed by atoms with Crippen molar-refractivity contribution < 1.29 is 4.79 Å². The SMILES string of the molecule is Cc1cnc(C(=O)N2CC[C@H]3[C@H](CC(Cn4cccn4)N3C)C2)cn1. The molecule has 0 spiro atoms. The molecular weight excluding hydrogens is 316 g/mol. The zero-order chi connectivity index (χ0) is 17.4. The van der Waals surface area contributed by atoms with Crippen molar-refractivity contribution in [1.29, 1.82) is 0 Å². The van der Waals surface area contributed by atoms with E-state index >= 15 is 0 Å². The molecule has 1 amide bonds. The maximum absolute atomic E-state index is 12.7. The summed E-state index contributed by atoms with van der Waals surface area (Å²) in [6, 6.07) is 2.99. The highest BCUT2D eigenvalue weighted by atomic mass is 16.2. The molecule has 2 aliphatic heterocycles. The number of likely N-dealkylation sites (N-methyl/N-ethyl adjacent to an activating group) is 1. The number of likely N-dealkylation sites (tertiary alicyclic amines) is 2. The van der Waals surface area contributed by atoms with E-state index in [0.29, 0.717) is 23.7 Å². The maximum Gasteiger partial charge on any atom is 0.274 e. The molecule has 0 radical (unpaired) electrons. The number of fused-ring (bicyclic) bond motifs is 1. The van der Waals surface area contributed by atoms with E-state index in [4.69, 9.17) is 0 Å². The van der Waals surface area contributed by atoms with Crippen molar-refractivity contribution in [2.24, 2.45) is 5.92 Å². The molecule has 0 bridgehead atoms. The summed E-state index contributed by atoms with van der Waals surface area (Å²) in [6.45, 7) is 4.38. The van der Waals surface area contributed by atoms with Crippen molar-refractivity contribution in [2.75, 3.05) is 20.1 Å². The first-order valence-electron chi connectivity index (χ1n) is 8.89. The van der Waals surface area contributed by atoms with Gasteiger partial charge in [-0.1, -0.05) is 0 Å². The highest BCUT2D eigenvalue weighted by Crippen LogP contribution is 2.35. The second-order valence-electron chi connectivity index (χ2n) is 7.19. The van der Waals surface area contributed by atoms with Gasteiger partial charge >= 0.3 is 0 Å². The van der Waals surface area contributed by atoms with Crippen LogP contribution in [-0.4, -0.2) is 67.7 Å². The van der Waals surface area contributed by atoms with E-state index in [1.807, 2.05) is 35.0 Å². The predicted octanol–water partition coefficient (Wildman–Crippen LogP) is 1.22. The van der Waals surface area contributed by atoms with Crippen LogP contribution in [0.1, 0.15) is 29.0 Å². The monoisotopic (exact) mass is 340 g/mol. The second kappa shape index (κ2) is 6.55. The number of carbonyl (C=O) groups excluding carboxylic acids is 1. The van der Waals surface area contributed by atoms with Gasteiger partial charge in [0.15, 0.2) is 0 Å². The first kappa shape index (κ1) is 16.2. The lowest BCUT2D eigenvalue weighted by Gasteiger charge is -2.37. The minimum absolute atomic E-state index is 0.00382. The molecule has 3 atom stereocenters. The summed E-state index contributed by atoms with van der Waals surface area (Å²) in [4.78, 5) is 25.6. The van der Waals surface area contributed by atoms with E-state index in [2.05, 4.69) is 27.0 Å². The van der Waals surface area contributed by atoms with Crippen LogP contribution >= 0.6 is 0 Å². The smallest absolute Gasteiger partial charge is 0.274 e. The average Bonchev–Trinajstić information content (AvgIpc) is 3.24. The van der Waals surface area contributed by atoms with Crippen LogP contribution in [0.2, 0.25) is 0 Å². The lowest BCUT2D eigenvalue weighted by molar-refractivity contribution is 0.0601. The highest BCUT2D eigenvalue weighted by Gasteiger charge is 2.43. The molecule has 2 aliphatic rings. The minimum Gasteiger partial charge on any atom is -0.337 e. The third-order valence-corrected chi connectivity index (χ3v) is 5.61. The van der Waals surface area contributed by atoms with E-state index in [-0.39, 0.29) is 5.91 Å². The third kappa shape index (κ3) is 3.16. The van der Waals surface area contributed by atoms with Crippen molar-refractivity contribution in [3.63, 3.8) is 0 Å². The van der Waals surface area contributed by atoms with Crippen LogP contribution < -0.4 is 0 Å². The van der Waals surface area contributed by atoms with Gasteiger partial charge in [0.1, 0.15) is 5.69 Å². The molecule has 25 heavy (non-hydrogen) atoms. The number of carbonyl (C=O) groups is 1. The Balaban J connectivity index is 1.42. The molecule has 0 aliphatic carbocycles. The van der Waals surface area contributed by atoms with Gasteiger partial charge in [-0.05, 0) is 38.8 Å². The highest BCUT2D eigenvalue weighted by molar-refractivity contribution is 5.92. The number of nitrogens with zero attached hydrogens (tertiary/aromatic N) is 6. The molecule has 0 saturated carbocycles. The van der Waals surface area contributed by atoms with Crippen LogP contribution in [0.3, 0.4) is 0 Å². The number of amides is 1. The zero-order valence-electron chi connectivity index (χ0n) is 14.7. The van der Waals surface area contributed by atoms with Crippen LogP contribution in [0.5, 0.6) is 0 Å². The maximum atomic E-state index is 12.7. The molecular formula is C18H24N6O. The normalized spacial score (nSPS) is 26.6. The van der Waals surface area contributed by atoms with Gasteiger partial charge in [-0.15, -0.1) is 0 Å². The molecule has 1 unspecified atom stereocenters. The van der Waals surface area contributed by atoms with E-state index in [1.165, 1.54) is 0 Å². The molecule has 4 rings (SSSR count). The Morgan fingerprint density at radius 3 is 2.92 bits per heavy atom. The lowest BCUT2D eigenvalue weighted by atomic mass is 9.92. The topological polar surface area (TPSA) is 67.2 Å². The number of aryl methyl sites for hydroxylation is 1. The number of rotatable bonds is 3. The van der Waals surface area contributed by atoms with Crippen molar-refractivity contribution in [3.8, 4) is 0 Å². The summed E-state index contributed by atoms with van der Waals surface area (Å²) in [5.74, 6) is 0.519. The van der Waals surface area contributed by atoms with Crippen molar-refractivity contribution in [2.45, 2.75) is 38.4 Å². The third-order valence-electron chi connectivity index (χ3n) is 5.61. The molecule has 7 nitrogen and oxygen atoms in total. The Morgan fingerprint density at radius 2 is 2.20 bits per heavy atom. The zero-order valence-corrected chi connectivity index (χ0v) is 14.7. The molecule has 2 aromatic rings. The fraction of sp³-hybridized carbons (Fsp3) is 0.556. The van der Waals surface area contributed by atoms with E-state index < -0.39 is 0 Å². The number of aromatic nitrogens is 4. The molecule has 132 valence electrons. The molecule has 2 aromatic heterocycles. The van der Waals surface area contributed by atoms with E-state index in [0.717, 1.165) is 38.2 Å². The van der Waals surface area contributed by atoms with E-state index in [1.54, 1.807) is 12.4 Å². The molecule has 2 fully saturated rings. The Bertz CT molecular complexity index is 729. The number of piperidine rings is 1. The van der Waals surface area contributed by atoms with Gasteiger partial charge < -0.3 is 4.90 Å². The largest absolute Gasteiger partial charge is 0.337 e. The Morgan fingerprint density at radius 1 is 1.32 bits per heavy atom. The summed E-state index contributed by atoms with van der Waals surface area (Å²) in [7, 11) is 2.21. The van der Waals surface area contributed by atoms with Crippen LogP contribution in [-0.2, 0) is 6.54 Å². The Labute approximate surface area is 147 Å². The Kier molecular flexibility index (Phi) is 4.25. The van der Waals surface area contributed by atoms with E-state index in [9.17, 15) is 4.79 Å². The van der Waals surface area contributed by atoms with Crippen LogP contribution in [0.4, 0.5) is 0 Å². The first-order valence-corrected chi connectivity index (χ1v) is 8.89. The fourth-order valence-corrected chi connectivity index (χ4v) is 4.25. The molecule has 0 N–H and O–H groups in total. The average molecular weight is 340 g/mol. The summed E-state index contributed by atoms with van der Waals surface area (Å²) < 4.78 is 2.00. The van der Waals surface area contributed by atoms with Gasteiger partial charge in [0.25, 0.3) is 5.91 Å². The number of hydrogen-bond donors (Lipinski definition) is 0.